The number of aromatic nitrogens is 2. The van der Waals surface area contributed by atoms with Crippen molar-refractivity contribution in [3.8, 4) is 5.88 Å². The van der Waals surface area contributed by atoms with Crippen molar-refractivity contribution in [1.29, 1.82) is 0 Å². The Morgan fingerprint density at radius 2 is 2.00 bits per heavy atom. The van der Waals surface area contributed by atoms with Crippen molar-refractivity contribution in [2.45, 2.75) is 13.5 Å². The molecule has 0 saturated heterocycles. The van der Waals surface area contributed by atoms with Crippen LogP contribution in [-0.4, -0.2) is 23.1 Å². The van der Waals surface area contributed by atoms with Gasteiger partial charge in [-0.25, -0.2) is 4.98 Å². The molecule has 2 rings (SSSR count). The number of hydrogen-bond acceptors (Lipinski definition) is 4. The Morgan fingerprint density at radius 3 is 2.70 bits per heavy atom. The molecule has 0 aliphatic carbocycles. The SMILES string of the molecule is CCNCc1cnc(OC/C=C/c2ccccc2)cn1. The summed E-state index contributed by atoms with van der Waals surface area (Å²) in [6.07, 6.45) is 7.37. The van der Waals surface area contributed by atoms with E-state index < -0.39 is 0 Å². The molecular weight excluding hydrogens is 250 g/mol. The maximum atomic E-state index is 5.51. The summed E-state index contributed by atoms with van der Waals surface area (Å²) >= 11 is 0. The monoisotopic (exact) mass is 269 g/mol. The molecule has 104 valence electrons. The van der Waals surface area contributed by atoms with Crippen LogP contribution in [0.1, 0.15) is 18.2 Å². The number of benzene rings is 1. The van der Waals surface area contributed by atoms with E-state index in [1.54, 1.807) is 12.4 Å². The summed E-state index contributed by atoms with van der Waals surface area (Å²) in [4.78, 5) is 8.50. The molecule has 0 atom stereocenters. The summed E-state index contributed by atoms with van der Waals surface area (Å²) in [5.74, 6) is 0.544. The summed E-state index contributed by atoms with van der Waals surface area (Å²) < 4.78 is 5.51. The first-order valence-electron chi connectivity index (χ1n) is 6.74. The molecule has 1 N–H and O–H groups in total. The molecule has 1 aromatic carbocycles. The van der Waals surface area contributed by atoms with E-state index >= 15 is 0 Å². The van der Waals surface area contributed by atoms with E-state index in [9.17, 15) is 0 Å². The lowest BCUT2D eigenvalue weighted by molar-refractivity contribution is 0.346. The van der Waals surface area contributed by atoms with Gasteiger partial charge >= 0.3 is 0 Å². The second kappa shape index (κ2) is 8.07. The fourth-order valence-corrected chi connectivity index (χ4v) is 1.64. The highest BCUT2D eigenvalue weighted by Gasteiger charge is 1.97. The summed E-state index contributed by atoms with van der Waals surface area (Å²) in [7, 11) is 0. The standard InChI is InChI=1S/C16H19N3O/c1-2-17-11-15-12-19-16(13-18-15)20-10-6-9-14-7-4-3-5-8-14/h3-9,12-13,17H,2,10-11H2,1H3/b9-6+. The molecule has 0 unspecified atom stereocenters. The Hall–Kier alpha value is -2.20. The Bertz CT molecular complexity index is 523. The maximum Gasteiger partial charge on any atom is 0.232 e. The fourth-order valence-electron chi connectivity index (χ4n) is 1.64. The zero-order valence-corrected chi connectivity index (χ0v) is 11.6. The molecule has 0 fully saturated rings. The van der Waals surface area contributed by atoms with Crippen LogP contribution in [0.4, 0.5) is 0 Å². The molecule has 4 nitrogen and oxygen atoms in total. The van der Waals surface area contributed by atoms with E-state index in [0.29, 0.717) is 12.5 Å². The zero-order valence-electron chi connectivity index (χ0n) is 11.6. The second-order valence-electron chi connectivity index (χ2n) is 4.25. The molecule has 0 bridgehead atoms. The molecule has 1 heterocycles. The summed E-state index contributed by atoms with van der Waals surface area (Å²) in [5, 5.41) is 3.20. The third kappa shape index (κ3) is 4.82. The zero-order chi connectivity index (χ0) is 14.0. The molecule has 20 heavy (non-hydrogen) atoms. The minimum absolute atomic E-state index is 0.482. The van der Waals surface area contributed by atoms with Gasteiger partial charge in [0.2, 0.25) is 5.88 Å². The van der Waals surface area contributed by atoms with Gasteiger partial charge in [0.05, 0.1) is 18.1 Å². The molecule has 0 amide bonds. The molecule has 0 saturated carbocycles. The van der Waals surface area contributed by atoms with Gasteiger partial charge in [0.1, 0.15) is 6.61 Å². The van der Waals surface area contributed by atoms with Crippen molar-refractivity contribution in [2.24, 2.45) is 0 Å². The van der Waals surface area contributed by atoms with Crippen LogP contribution in [0.5, 0.6) is 5.88 Å². The predicted molar refractivity (Wildman–Crippen MR) is 80.4 cm³/mol. The van der Waals surface area contributed by atoms with Gasteiger partial charge in [-0.2, -0.15) is 0 Å². The molecule has 0 radical (unpaired) electrons. The maximum absolute atomic E-state index is 5.51. The number of nitrogens with zero attached hydrogens (tertiary/aromatic N) is 2. The van der Waals surface area contributed by atoms with Gasteiger partial charge in [-0.3, -0.25) is 4.98 Å². The number of ether oxygens (including phenoxy) is 1. The lowest BCUT2D eigenvalue weighted by Crippen LogP contribution is -2.13. The van der Waals surface area contributed by atoms with Crippen LogP contribution in [0, 0.1) is 0 Å². The van der Waals surface area contributed by atoms with Crippen molar-refractivity contribution < 1.29 is 4.74 Å². The van der Waals surface area contributed by atoms with E-state index in [0.717, 1.165) is 24.3 Å². The topological polar surface area (TPSA) is 47.0 Å². The van der Waals surface area contributed by atoms with Crippen LogP contribution >= 0.6 is 0 Å². The Kier molecular flexibility index (Phi) is 5.73. The second-order valence-corrected chi connectivity index (χ2v) is 4.25. The highest BCUT2D eigenvalue weighted by molar-refractivity contribution is 5.48. The van der Waals surface area contributed by atoms with E-state index in [2.05, 4.69) is 22.2 Å². The van der Waals surface area contributed by atoms with Gasteiger partial charge < -0.3 is 10.1 Å². The van der Waals surface area contributed by atoms with Gasteiger partial charge in [-0.1, -0.05) is 43.3 Å². The van der Waals surface area contributed by atoms with Crippen molar-refractivity contribution in [3.05, 3.63) is 60.1 Å². The Balaban J connectivity index is 1.78. The van der Waals surface area contributed by atoms with Crippen LogP contribution in [0.2, 0.25) is 0 Å². The van der Waals surface area contributed by atoms with Gasteiger partial charge in [-0.05, 0) is 18.2 Å². The minimum Gasteiger partial charge on any atom is -0.472 e. The highest BCUT2D eigenvalue weighted by Crippen LogP contribution is 2.05. The van der Waals surface area contributed by atoms with Crippen LogP contribution in [-0.2, 0) is 6.54 Å². The summed E-state index contributed by atoms with van der Waals surface area (Å²) in [6, 6.07) is 10.1. The normalized spacial score (nSPS) is 10.8. The van der Waals surface area contributed by atoms with Crippen LogP contribution in [0.3, 0.4) is 0 Å². The van der Waals surface area contributed by atoms with Crippen LogP contribution < -0.4 is 10.1 Å². The van der Waals surface area contributed by atoms with E-state index in [1.807, 2.05) is 42.5 Å². The largest absolute Gasteiger partial charge is 0.472 e. The van der Waals surface area contributed by atoms with E-state index in [-0.39, 0.29) is 0 Å². The lowest BCUT2D eigenvalue weighted by Gasteiger charge is -2.03. The number of rotatable bonds is 7. The van der Waals surface area contributed by atoms with Crippen molar-refractivity contribution >= 4 is 6.08 Å². The Labute approximate surface area is 119 Å². The average molecular weight is 269 g/mol. The van der Waals surface area contributed by atoms with Crippen LogP contribution in [0.25, 0.3) is 6.08 Å². The first kappa shape index (κ1) is 14.2. The molecule has 4 heteroatoms. The molecule has 0 spiro atoms. The van der Waals surface area contributed by atoms with Gasteiger partial charge in [0, 0.05) is 6.54 Å². The van der Waals surface area contributed by atoms with Gasteiger partial charge in [0.15, 0.2) is 0 Å². The number of hydrogen-bond donors (Lipinski definition) is 1. The van der Waals surface area contributed by atoms with Gasteiger partial charge in [-0.15, -0.1) is 0 Å². The molecule has 0 aliphatic rings. The highest BCUT2D eigenvalue weighted by atomic mass is 16.5. The van der Waals surface area contributed by atoms with Crippen molar-refractivity contribution in [2.75, 3.05) is 13.2 Å². The molecule has 1 aromatic heterocycles. The molecule has 0 aliphatic heterocycles. The van der Waals surface area contributed by atoms with Crippen LogP contribution in [0.15, 0.2) is 48.8 Å². The molecular formula is C16H19N3O. The fraction of sp³-hybridized carbons (Fsp3) is 0.250. The van der Waals surface area contributed by atoms with Gasteiger partial charge in [0.25, 0.3) is 0 Å². The predicted octanol–water partition coefficient (Wildman–Crippen LogP) is 2.68. The first-order valence-corrected chi connectivity index (χ1v) is 6.74. The average Bonchev–Trinajstić information content (AvgIpc) is 2.52. The van der Waals surface area contributed by atoms with E-state index in [1.165, 1.54) is 0 Å². The quantitative estimate of drug-likeness (QED) is 0.839. The van der Waals surface area contributed by atoms with Crippen molar-refractivity contribution in [3.63, 3.8) is 0 Å². The molecule has 2 aromatic rings. The third-order valence-electron chi connectivity index (χ3n) is 2.68. The number of nitrogens with one attached hydrogen (secondary N) is 1. The lowest BCUT2D eigenvalue weighted by atomic mass is 10.2. The summed E-state index contributed by atoms with van der Waals surface area (Å²) in [5.41, 5.74) is 2.07. The summed E-state index contributed by atoms with van der Waals surface area (Å²) in [6.45, 7) is 4.20. The third-order valence-corrected chi connectivity index (χ3v) is 2.68. The Morgan fingerprint density at radius 1 is 1.15 bits per heavy atom. The minimum atomic E-state index is 0.482. The van der Waals surface area contributed by atoms with E-state index in [4.69, 9.17) is 4.74 Å². The smallest absolute Gasteiger partial charge is 0.232 e. The van der Waals surface area contributed by atoms with Crippen molar-refractivity contribution in [1.82, 2.24) is 15.3 Å². The first-order chi connectivity index (χ1) is 9.88.